The van der Waals surface area contributed by atoms with E-state index in [2.05, 4.69) is 138 Å². The molecule has 13 fully saturated rings. The number of hydrogen-bond donors (Lipinski definition) is 9. The zero-order chi connectivity index (χ0) is 96.9. The lowest BCUT2D eigenvalue weighted by molar-refractivity contribution is -0.125. The summed E-state index contributed by atoms with van der Waals surface area (Å²) in [6.07, 6.45) is 14.6. The van der Waals surface area contributed by atoms with Gasteiger partial charge in [-0.1, -0.05) is 71.9 Å². The molecule has 6 saturated heterocycles. The van der Waals surface area contributed by atoms with E-state index in [1.807, 2.05) is 138 Å². The van der Waals surface area contributed by atoms with Gasteiger partial charge >= 0.3 is 0 Å². The number of methoxy groups -OCH3 is 1. The fraction of sp³-hybridized carbons (Fsp3) is 0.542. The topological polar surface area (TPSA) is 354 Å². The third-order valence-corrected chi connectivity index (χ3v) is 32.2. The summed E-state index contributed by atoms with van der Waals surface area (Å²) in [5.41, 5.74) is 7.48. The molecule has 0 spiro atoms. The van der Waals surface area contributed by atoms with Crippen LogP contribution in [-0.2, 0) is 61.6 Å². The van der Waals surface area contributed by atoms with Crippen molar-refractivity contribution in [3.63, 3.8) is 0 Å². The third-order valence-electron chi connectivity index (χ3n) is 32.2. The lowest BCUT2D eigenvalue weighted by atomic mass is 9.80. The number of fused-ring (bicyclic) bond motifs is 12. The van der Waals surface area contributed by atoms with Crippen LogP contribution in [0, 0.1) is 139 Å². The average molecular weight is 1880 g/mol. The number of carbonyl (C=O) groups is 6. The van der Waals surface area contributed by atoms with Gasteiger partial charge in [-0.3, -0.25) is 56.3 Å². The van der Waals surface area contributed by atoms with Crippen LogP contribution in [0.5, 0.6) is 5.75 Å². The lowest BCUT2D eigenvalue weighted by Gasteiger charge is -2.28. The first-order valence-corrected chi connectivity index (χ1v) is 49.8. The van der Waals surface area contributed by atoms with Crippen molar-refractivity contribution in [3.05, 3.63) is 203 Å². The average Bonchev–Trinajstić information content (AvgIpc) is 1.59. The molecule has 25 rings (SSSR count). The van der Waals surface area contributed by atoms with Crippen molar-refractivity contribution >= 4 is 79.1 Å². The van der Waals surface area contributed by atoms with Gasteiger partial charge in [0.25, 0.3) is 0 Å². The number of Topliss-reactive ketones (excluding diaryl/α,β-unsaturated/α-hetero) is 3. The number of aromatic nitrogens is 13. The van der Waals surface area contributed by atoms with E-state index in [1.165, 1.54) is 35.6 Å². The number of nitrogens with one attached hydrogen (secondary N) is 9. The zero-order valence-corrected chi connectivity index (χ0v) is 82.1. The molecule has 11 aromatic heterocycles. The Kier molecular flexibility index (Phi) is 24.6. The van der Waals surface area contributed by atoms with Crippen LogP contribution in [0.1, 0.15) is 179 Å². The zero-order valence-electron chi connectivity index (χ0n) is 82.1. The van der Waals surface area contributed by atoms with Crippen molar-refractivity contribution in [1.82, 2.24) is 111 Å². The van der Waals surface area contributed by atoms with Gasteiger partial charge in [-0.25, -0.2) is 29.3 Å². The van der Waals surface area contributed by atoms with E-state index in [0.29, 0.717) is 131 Å². The molecule has 31 heteroatoms. The van der Waals surface area contributed by atoms with Crippen LogP contribution in [0.15, 0.2) is 134 Å². The first-order valence-electron chi connectivity index (χ1n) is 49.8. The number of pyridine rings is 6. The normalized spacial score (nSPS) is 26.9. The molecular formula is C107H132F2N22O7. The first kappa shape index (κ1) is 94.3. The lowest BCUT2D eigenvalue weighted by Crippen LogP contribution is -2.44. The smallest absolute Gasteiger partial charge is 0.224 e. The van der Waals surface area contributed by atoms with Gasteiger partial charge in [0.15, 0.2) is 11.6 Å². The summed E-state index contributed by atoms with van der Waals surface area (Å²) in [5, 5.41) is 40.2. The fourth-order valence-electron chi connectivity index (χ4n) is 24.4. The molecule has 1 aromatic carbocycles. The van der Waals surface area contributed by atoms with E-state index in [4.69, 9.17) is 19.7 Å². The Labute approximate surface area is 803 Å². The van der Waals surface area contributed by atoms with Crippen molar-refractivity contribution in [1.29, 1.82) is 0 Å². The molecule has 0 radical (unpaired) electrons. The van der Waals surface area contributed by atoms with E-state index >= 15 is 0 Å². The van der Waals surface area contributed by atoms with Crippen LogP contribution in [0.3, 0.4) is 0 Å². The second-order valence-electron chi connectivity index (χ2n) is 45.1. The highest BCUT2D eigenvalue weighted by Gasteiger charge is 2.62. The molecule has 9 N–H and O–H groups in total. The summed E-state index contributed by atoms with van der Waals surface area (Å²) >= 11 is 0. The van der Waals surface area contributed by atoms with Crippen molar-refractivity contribution in [2.24, 2.45) is 107 Å². The van der Waals surface area contributed by atoms with Gasteiger partial charge in [-0.05, 0) is 297 Å². The Hall–Kier alpha value is -11.4. The number of halogens is 2. The maximum atomic E-state index is 14.1. The number of imidazole rings is 3. The summed E-state index contributed by atoms with van der Waals surface area (Å²) in [6, 6.07) is 30.2. The molecule has 7 aliphatic carbocycles. The van der Waals surface area contributed by atoms with Crippen molar-refractivity contribution < 1.29 is 42.3 Å². The van der Waals surface area contributed by atoms with Gasteiger partial charge < -0.3 is 52.6 Å². The van der Waals surface area contributed by atoms with E-state index < -0.39 is 16.6 Å². The van der Waals surface area contributed by atoms with E-state index in [1.54, 1.807) is 42.1 Å². The monoisotopic (exact) mass is 1880 g/mol. The number of rotatable bonds is 23. The standard InChI is InChI=1S/C21H25N3O.C19H24N4O.C18H23N3O2.C17H22N4O.2C16H19FN4O/c1-21(2,9-17(25)18-14-10-22-11-15(14)18)19-13-5-3-4-6-16(13)23-20(24-19)12-7-8-12;1-10-5-6-12-15(21-10)7-11(2)22-17(12)19(3,4)23-18(24)16-13-8-20-9-14(13)16;1-18(2,7-14(22)16-11-8-19-9-12(11)16)17-20-10-13-15(23-3)5-4-6-21(13)17;1-10-5-4-6-21-15(10)19-20-16(21)17(2,3)7-13(22)14-11-8-18-9-12(11)14;1-16(2,20-14(22)13-11-6-18-7-12(11)13)15-19-5-10-4-3-9(17)8-21(10)15;1-16(2,20-14(22)13-10-7-18-8-11(10)13)15-19-6-9-4-3-5-12(17)21(9)15/h3-6,12,14-15,18,22H,7-11H2,1-2H3;5-7,13-14,16,20H,8-9H2,1-4H3,(H,23,24);4-6,10-12,16,19H,7-9H2,1-3H3;4-6,11-12,14,18H,7-9H2,1-3H3;3-5,8,11-13,18H,6-7H2,1-2H3,(H,20,22);3-6,10-11,13,18H,7-8H2,1-2H3,(H,20,22)/t14-,15+,18?;13-,14+,16?;11-,12+,16?;11-,12+,14?;11-,12+,13?;10-,11+,13?. The summed E-state index contributed by atoms with van der Waals surface area (Å²) in [6.45, 7) is 42.1. The van der Waals surface area contributed by atoms with Gasteiger partial charge in [0.1, 0.15) is 63.6 Å². The predicted molar refractivity (Wildman–Crippen MR) is 522 cm³/mol. The highest BCUT2D eigenvalue weighted by atomic mass is 19.1. The van der Waals surface area contributed by atoms with Gasteiger partial charge in [-0.15, -0.1) is 10.2 Å². The summed E-state index contributed by atoms with van der Waals surface area (Å²) in [7, 11) is 1.66. The molecule has 18 atom stereocenters. The van der Waals surface area contributed by atoms with Crippen molar-refractivity contribution in [2.75, 3.05) is 85.6 Å². The van der Waals surface area contributed by atoms with Crippen LogP contribution >= 0.6 is 0 Å². The van der Waals surface area contributed by atoms with Gasteiger partial charge in [0, 0.05) is 118 Å². The van der Waals surface area contributed by atoms with Gasteiger partial charge in [-0.2, -0.15) is 4.39 Å². The SMILES string of the molecule is CC(C)(CC(=O)C1[C@H]2CNC[C@@H]12)c1nc(C2CC2)nc2ccccc12.CC(C)(NC(=O)C1[C@H]2CNC[C@@H]12)c1ncc2ccc(F)cn12.CC(C)(NC(=O)C1[C@H]2CNC[C@@H]12)c1ncc2cccc(F)n12.COc1cccn2c(C(C)(C)CC(=O)C3[C@H]4CNC[C@@H]34)ncc12.Cc1cc2nc(C)ccc2c(C(C)(C)NC(=O)C2[C@H]3CNC[C@@H]23)n1.Cc1cccn2c(C(C)(C)CC(=O)C3[C@H]4CNC[C@@H]34)nnc12. The largest absolute Gasteiger partial charge is 0.494 e. The molecular weight excluding hydrogens is 1740 g/mol. The van der Waals surface area contributed by atoms with E-state index in [9.17, 15) is 37.5 Å². The van der Waals surface area contributed by atoms with E-state index in [-0.39, 0.29) is 81.2 Å². The number of nitrogens with zero attached hydrogens (tertiary/aromatic N) is 13. The number of hydrogen-bond acceptors (Lipinski definition) is 22. The van der Waals surface area contributed by atoms with Crippen LogP contribution in [0.25, 0.3) is 44.0 Å². The van der Waals surface area contributed by atoms with Crippen LogP contribution in [-0.4, -0.2) is 183 Å². The van der Waals surface area contributed by atoms with Crippen LogP contribution in [0.2, 0.25) is 0 Å². The quantitative estimate of drug-likeness (QED) is 0.0269. The van der Waals surface area contributed by atoms with Gasteiger partial charge in [0.2, 0.25) is 17.7 Å². The molecule has 29 nitrogen and oxygen atoms in total. The van der Waals surface area contributed by atoms with Crippen molar-refractivity contribution in [3.8, 4) is 5.75 Å². The number of para-hydroxylation sites is 1. The fourth-order valence-corrected chi connectivity index (χ4v) is 24.4. The Morgan fingerprint density at radius 2 is 0.884 bits per heavy atom. The highest BCUT2D eigenvalue weighted by molar-refractivity contribution is 5.90. The summed E-state index contributed by atoms with van der Waals surface area (Å²) in [4.78, 5) is 108. The molecule has 138 heavy (non-hydrogen) atoms. The number of benzene rings is 1. The van der Waals surface area contributed by atoms with Crippen LogP contribution < -0.4 is 52.6 Å². The minimum atomic E-state index is -0.726. The Bertz CT molecular complexity index is 6650. The Morgan fingerprint density at radius 1 is 0.413 bits per heavy atom. The molecule has 12 aromatic rings. The third kappa shape index (κ3) is 18.3. The highest BCUT2D eigenvalue weighted by Crippen LogP contribution is 2.56. The number of aryl methyl sites for hydroxylation is 3. The molecule has 13 aliphatic rings. The maximum absolute atomic E-state index is 14.1. The number of carbonyl (C=O) groups excluding carboxylic acids is 6. The minimum Gasteiger partial charge on any atom is -0.494 e. The Morgan fingerprint density at radius 3 is 1.43 bits per heavy atom. The molecule has 0 bridgehead atoms. The molecule has 17 heterocycles. The number of piperidine rings is 6. The van der Waals surface area contributed by atoms with E-state index in [0.717, 1.165) is 169 Å². The first-order chi connectivity index (χ1) is 65.9. The molecule has 6 unspecified atom stereocenters. The number of ether oxygens (including phenoxy) is 1. The number of ketones is 3. The minimum absolute atomic E-state index is 0.0505. The van der Waals surface area contributed by atoms with Gasteiger partial charge in [0.05, 0.1) is 75.8 Å². The molecule has 7 saturated carbocycles. The number of amides is 3. The molecule has 6 aliphatic heterocycles. The molecule has 3 amide bonds. The summed E-state index contributed by atoms with van der Waals surface area (Å²) in [5.74, 6) is 13.7. The van der Waals surface area contributed by atoms with Crippen molar-refractivity contribution in [2.45, 2.75) is 175 Å². The summed E-state index contributed by atoms with van der Waals surface area (Å²) < 4.78 is 40.2. The Balaban J connectivity index is 0.000000102. The molecule has 726 valence electrons. The predicted octanol–water partition coefficient (Wildman–Crippen LogP) is 11.6. The second-order valence-corrected chi connectivity index (χ2v) is 45.1. The maximum Gasteiger partial charge on any atom is 0.224 e. The second kappa shape index (κ2) is 36.1. The van der Waals surface area contributed by atoms with Crippen LogP contribution in [0.4, 0.5) is 8.78 Å².